The molecule has 3 amide bonds. The predicted molar refractivity (Wildman–Crippen MR) is 117 cm³/mol. The van der Waals surface area contributed by atoms with Crippen molar-refractivity contribution in [2.24, 2.45) is 0 Å². The van der Waals surface area contributed by atoms with Crippen LogP contribution in [-0.2, 0) is 19.1 Å². The van der Waals surface area contributed by atoms with Gasteiger partial charge in [-0.05, 0) is 41.5 Å². The molecule has 172 valence electrons. The number of esters is 1. The van der Waals surface area contributed by atoms with Gasteiger partial charge >= 0.3 is 12.1 Å². The van der Waals surface area contributed by atoms with Crippen LogP contribution in [-0.4, -0.2) is 54.2 Å². The summed E-state index contributed by atoms with van der Waals surface area (Å²) in [6, 6.07) is -1.14. The molecule has 1 rings (SSSR count). The molecule has 1 aromatic rings. The van der Waals surface area contributed by atoms with Crippen molar-refractivity contribution in [1.29, 1.82) is 0 Å². The van der Waals surface area contributed by atoms with Gasteiger partial charge in [0.2, 0.25) is 5.91 Å². The third kappa shape index (κ3) is 9.16. The van der Waals surface area contributed by atoms with E-state index in [1.807, 2.05) is 19.9 Å². The Hall–Kier alpha value is -2.95. The molecule has 0 aliphatic rings. The number of carbonyl (C=O) groups is 4. The van der Waals surface area contributed by atoms with Crippen LogP contribution in [0.2, 0.25) is 0 Å². The van der Waals surface area contributed by atoms with E-state index in [1.54, 1.807) is 27.7 Å². The minimum absolute atomic E-state index is 0.220. The number of carbonyl (C=O) groups excluding carboxylic acids is 4. The molecule has 0 radical (unpaired) electrons. The Morgan fingerprint density at radius 1 is 1.23 bits per heavy atom. The zero-order valence-electron chi connectivity index (χ0n) is 18.9. The molecule has 1 unspecified atom stereocenters. The van der Waals surface area contributed by atoms with Crippen LogP contribution in [0.1, 0.15) is 56.4 Å². The van der Waals surface area contributed by atoms with Crippen molar-refractivity contribution >= 4 is 40.3 Å². The van der Waals surface area contributed by atoms with E-state index in [0.29, 0.717) is 5.69 Å². The molecule has 0 saturated heterocycles. The molecular weight excluding hydrogens is 424 g/mol. The van der Waals surface area contributed by atoms with E-state index in [1.165, 1.54) is 7.11 Å². The Balaban J connectivity index is 2.82. The number of methoxy groups -OCH3 is 1. The molecular formula is C20H30N4O6S. The first-order chi connectivity index (χ1) is 14.4. The summed E-state index contributed by atoms with van der Waals surface area (Å²) in [6.07, 6.45) is 1.33. The number of rotatable bonds is 8. The second-order valence-electron chi connectivity index (χ2n) is 7.73. The monoisotopic (exact) mass is 454 g/mol. The Morgan fingerprint density at radius 3 is 2.42 bits per heavy atom. The average molecular weight is 455 g/mol. The first kappa shape index (κ1) is 26.1. The molecule has 0 aliphatic carbocycles. The van der Waals surface area contributed by atoms with Crippen LogP contribution in [0.25, 0.3) is 0 Å². The number of aryl methyl sites for hydroxylation is 1. The number of alkyl carbamates (subject to hydrolysis) is 1. The Morgan fingerprint density at radius 2 is 1.87 bits per heavy atom. The van der Waals surface area contributed by atoms with Gasteiger partial charge in [-0.25, -0.2) is 14.6 Å². The number of ether oxygens (including phenoxy) is 2. The van der Waals surface area contributed by atoms with Gasteiger partial charge in [-0.2, -0.15) is 0 Å². The second kappa shape index (κ2) is 11.4. The van der Waals surface area contributed by atoms with E-state index in [0.717, 1.165) is 16.9 Å². The number of hydrogen-bond acceptors (Lipinski definition) is 8. The fourth-order valence-corrected chi connectivity index (χ4v) is 3.12. The lowest BCUT2D eigenvalue weighted by atomic mass is 10.2. The van der Waals surface area contributed by atoms with Crippen LogP contribution in [0, 0.1) is 6.92 Å². The summed E-state index contributed by atoms with van der Waals surface area (Å²) in [4.78, 5) is 53.0. The standard InChI is InChI=1S/C20H30N4O6S/c1-8-11(2)9-14(25)24-18-22-12(3)15(31-18)16(26)23-13(17(27)29-7)10-21-19(28)30-20(4,5)6/h8,13H,9-10H2,1-7H3,(H,21,28)(H,23,26)(H,22,24,25). The van der Waals surface area contributed by atoms with Crippen LogP contribution >= 0.6 is 11.3 Å². The van der Waals surface area contributed by atoms with E-state index in [9.17, 15) is 19.2 Å². The van der Waals surface area contributed by atoms with E-state index in [-0.39, 0.29) is 28.9 Å². The summed E-state index contributed by atoms with van der Waals surface area (Å²) in [5.74, 6) is -1.56. The lowest BCUT2D eigenvalue weighted by Crippen LogP contribution is -2.49. The number of nitrogens with one attached hydrogen (secondary N) is 3. The molecule has 0 bridgehead atoms. The van der Waals surface area contributed by atoms with Gasteiger partial charge in [-0.1, -0.05) is 23.0 Å². The van der Waals surface area contributed by atoms with Gasteiger partial charge in [0.05, 0.1) is 19.3 Å². The largest absolute Gasteiger partial charge is 0.467 e. The highest BCUT2D eigenvalue weighted by molar-refractivity contribution is 7.17. The van der Waals surface area contributed by atoms with E-state index >= 15 is 0 Å². The zero-order valence-corrected chi connectivity index (χ0v) is 19.7. The third-order valence-corrected chi connectivity index (χ3v) is 4.89. The van der Waals surface area contributed by atoms with Crippen LogP contribution in [0.15, 0.2) is 11.6 Å². The lowest BCUT2D eigenvalue weighted by molar-refractivity contribution is -0.142. The van der Waals surface area contributed by atoms with Crippen LogP contribution < -0.4 is 16.0 Å². The summed E-state index contributed by atoms with van der Waals surface area (Å²) >= 11 is 0.985. The van der Waals surface area contributed by atoms with Crippen LogP contribution in [0.5, 0.6) is 0 Å². The number of aromatic nitrogens is 1. The van der Waals surface area contributed by atoms with Gasteiger partial charge < -0.3 is 25.4 Å². The number of anilines is 1. The van der Waals surface area contributed by atoms with E-state index < -0.39 is 29.6 Å². The van der Waals surface area contributed by atoms with Gasteiger partial charge in [0.15, 0.2) is 5.13 Å². The van der Waals surface area contributed by atoms with Crippen molar-refractivity contribution in [3.8, 4) is 0 Å². The Bertz CT molecular complexity index is 856. The number of thiazole rings is 1. The van der Waals surface area contributed by atoms with Crippen molar-refractivity contribution in [3.63, 3.8) is 0 Å². The third-order valence-electron chi connectivity index (χ3n) is 3.82. The maximum atomic E-state index is 12.7. The Labute approximate surface area is 185 Å². The maximum Gasteiger partial charge on any atom is 0.407 e. The van der Waals surface area contributed by atoms with E-state index in [4.69, 9.17) is 9.47 Å². The molecule has 11 heteroatoms. The number of amides is 3. The molecule has 0 aliphatic heterocycles. The number of nitrogens with zero attached hydrogens (tertiary/aromatic N) is 1. The first-order valence-electron chi connectivity index (χ1n) is 9.60. The maximum absolute atomic E-state index is 12.7. The second-order valence-corrected chi connectivity index (χ2v) is 8.72. The van der Waals surface area contributed by atoms with Crippen LogP contribution in [0.4, 0.5) is 9.93 Å². The molecule has 0 fully saturated rings. The summed E-state index contributed by atoms with van der Waals surface area (Å²) < 4.78 is 9.82. The van der Waals surface area contributed by atoms with Crippen molar-refractivity contribution in [2.45, 2.75) is 59.6 Å². The highest BCUT2D eigenvalue weighted by atomic mass is 32.1. The minimum atomic E-state index is -1.14. The summed E-state index contributed by atoms with van der Waals surface area (Å²) in [5, 5.41) is 7.88. The van der Waals surface area contributed by atoms with Gasteiger partial charge in [-0.3, -0.25) is 9.59 Å². The molecule has 0 spiro atoms. The lowest BCUT2D eigenvalue weighted by Gasteiger charge is -2.21. The summed E-state index contributed by atoms with van der Waals surface area (Å²) in [5.41, 5.74) is 0.589. The molecule has 3 N–H and O–H groups in total. The number of allylic oxidation sites excluding steroid dienone is 1. The van der Waals surface area contributed by atoms with Crippen molar-refractivity contribution in [2.75, 3.05) is 19.0 Å². The Kier molecular flexibility index (Phi) is 9.63. The van der Waals surface area contributed by atoms with Crippen molar-refractivity contribution in [1.82, 2.24) is 15.6 Å². The number of hydrogen-bond donors (Lipinski definition) is 3. The molecule has 31 heavy (non-hydrogen) atoms. The fraction of sp³-hybridized carbons (Fsp3) is 0.550. The van der Waals surface area contributed by atoms with Crippen molar-refractivity contribution < 1.29 is 28.7 Å². The first-order valence-corrected chi connectivity index (χ1v) is 10.4. The van der Waals surface area contributed by atoms with Crippen LogP contribution in [0.3, 0.4) is 0 Å². The smallest absolute Gasteiger partial charge is 0.407 e. The topological polar surface area (TPSA) is 136 Å². The fourth-order valence-electron chi connectivity index (χ4n) is 2.24. The molecule has 1 heterocycles. The minimum Gasteiger partial charge on any atom is -0.467 e. The van der Waals surface area contributed by atoms with Gasteiger partial charge in [0.25, 0.3) is 5.91 Å². The predicted octanol–water partition coefficient (Wildman–Crippen LogP) is 2.54. The molecule has 0 aromatic carbocycles. The SMILES string of the molecule is CC=C(C)CC(=O)Nc1nc(C)c(C(=O)NC(CNC(=O)OC(C)(C)C)C(=O)OC)s1. The van der Waals surface area contributed by atoms with Gasteiger partial charge in [0.1, 0.15) is 16.5 Å². The normalized spacial score (nSPS) is 12.5. The summed E-state index contributed by atoms with van der Waals surface area (Å²) in [7, 11) is 1.17. The van der Waals surface area contributed by atoms with Gasteiger partial charge in [0, 0.05) is 6.42 Å². The zero-order chi connectivity index (χ0) is 23.8. The molecule has 10 nitrogen and oxygen atoms in total. The molecule has 0 saturated carbocycles. The average Bonchev–Trinajstić information content (AvgIpc) is 3.02. The van der Waals surface area contributed by atoms with Crippen molar-refractivity contribution in [3.05, 3.63) is 22.2 Å². The van der Waals surface area contributed by atoms with E-state index in [2.05, 4.69) is 20.9 Å². The molecule has 1 aromatic heterocycles. The highest BCUT2D eigenvalue weighted by Gasteiger charge is 2.26. The highest BCUT2D eigenvalue weighted by Crippen LogP contribution is 2.23. The van der Waals surface area contributed by atoms with Gasteiger partial charge in [-0.15, -0.1) is 0 Å². The molecule has 1 atom stereocenters. The summed E-state index contributed by atoms with van der Waals surface area (Å²) in [6.45, 7) is 10.2. The quantitative estimate of drug-likeness (QED) is 0.406.